The van der Waals surface area contributed by atoms with Crippen molar-refractivity contribution in [2.24, 2.45) is 0 Å². The van der Waals surface area contributed by atoms with Crippen LogP contribution in [0, 0.1) is 0 Å². The van der Waals surface area contributed by atoms with Crippen LogP contribution in [0.15, 0.2) is 12.4 Å². The van der Waals surface area contributed by atoms with Crippen molar-refractivity contribution in [3.8, 4) is 0 Å². The molecule has 1 aromatic heterocycles. The number of nitrogens with one attached hydrogen (secondary N) is 1. The summed E-state index contributed by atoms with van der Waals surface area (Å²) in [5, 5.41) is 2.98. The van der Waals surface area contributed by atoms with E-state index < -0.39 is 9.84 Å². The largest absolute Gasteiger partial charge is 0.383 e. The molecule has 7 heteroatoms. The molecule has 1 heterocycles. The molecule has 1 aromatic rings. The third kappa shape index (κ3) is 4.63. The van der Waals surface area contributed by atoms with Gasteiger partial charge >= 0.3 is 0 Å². The van der Waals surface area contributed by atoms with Crippen LogP contribution in [0.3, 0.4) is 0 Å². The minimum atomic E-state index is -2.93. The molecule has 0 atom stereocenters. The molecule has 0 saturated carbocycles. The van der Waals surface area contributed by atoms with Gasteiger partial charge in [0, 0.05) is 38.8 Å². The van der Waals surface area contributed by atoms with E-state index in [4.69, 9.17) is 4.74 Å². The second kappa shape index (κ2) is 5.86. The van der Waals surface area contributed by atoms with Crippen molar-refractivity contribution in [2.45, 2.75) is 6.54 Å². The molecule has 1 rings (SSSR count). The molecule has 0 aliphatic carbocycles. The van der Waals surface area contributed by atoms with Gasteiger partial charge in [-0.3, -0.25) is 0 Å². The average Bonchev–Trinajstić information content (AvgIpc) is 2.60. The Morgan fingerprint density at radius 3 is 2.94 bits per heavy atom. The van der Waals surface area contributed by atoms with Gasteiger partial charge in [0.15, 0.2) is 0 Å². The number of rotatable bonds is 7. The molecule has 0 aliphatic rings. The Kier molecular flexibility index (Phi) is 4.75. The van der Waals surface area contributed by atoms with Crippen molar-refractivity contribution in [1.82, 2.24) is 9.55 Å². The molecule has 0 aromatic carbocycles. The van der Waals surface area contributed by atoms with E-state index in [-0.39, 0.29) is 5.75 Å². The Balaban J connectivity index is 2.44. The van der Waals surface area contributed by atoms with Crippen LogP contribution >= 0.6 is 0 Å². The summed E-state index contributed by atoms with van der Waals surface area (Å²) in [6, 6.07) is 0. The summed E-state index contributed by atoms with van der Waals surface area (Å²) in [6.45, 7) is 1.65. The highest BCUT2D eigenvalue weighted by atomic mass is 32.2. The van der Waals surface area contributed by atoms with Crippen LogP contribution in [0.4, 0.5) is 5.95 Å². The normalized spacial score (nSPS) is 11.6. The van der Waals surface area contributed by atoms with Crippen molar-refractivity contribution in [3.63, 3.8) is 0 Å². The zero-order valence-corrected chi connectivity index (χ0v) is 10.3. The van der Waals surface area contributed by atoms with E-state index in [0.29, 0.717) is 25.6 Å². The number of hydrogen-bond donors (Lipinski definition) is 1. The van der Waals surface area contributed by atoms with Crippen LogP contribution in [-0.2, 0) is 21.1 Å². The van der Waals surface area contributed by atoms with Crippen molar-refractivity contribution < 1.29 is 13.2 Å². The maximum absolute atomic E-state index is 10.9. The first kappa shape index (κ1) is 13.0. The first-order chi connectivity index (χ1) is 7.53. The molecule has 0 unspecified atom stereocenters. The first-order valence-electron chi connectivity index (χ1n) is 4.94. The van der Waals surface area contributed by atoms with Gasteiger partial charge in [0.25, 0.3) is 0 Å². The molecule has 0 amide bonds. The number of aromatic nitrogens is 2. The molecule has 16 heavy (non-hydrogen) atoms. The van der Waals surface area contributed by atoms with Gasteiger partial charge in [0.05, 0.1) is 12.4 Å². The van der Waals surface area contributed by atoms with E-state index in [1.165, 1.54) is 6.26 Å². The standard InChI is InChI=1S/C9H17N3O3S/c1-15-7-6-12-5-3-10-9(12)11-4-8-16(2,13)14/h3,5H,4,6-8H2,1-2H3,(H,10,11). The highest BCUT2D eigenvalue weighted by Gasteiger charge is 2.04. The Labute approximate surface area is 95.5 Å². The van der Waals surface area contributed by atoms with Gasteiger partial charge in [-0.1, -0.05) is 0 Å². The highest BCUT2D eigenvalue weighted by molar-refractivity contribution is 7.90. The van der Waals surface area contributed by atoms with Crippen molar-refractivity contribution in [3.05, 3.63) is 12.4 Å². The quantitative estimate of drug-likeness (QED) is 0.733. The summed E-state index contributed by atoms with van der Waals surface area (Å²) >= 11 is 0. The van der Waals surface area contributed by atoms with Crippen molar-refractivity contribution >= 4 is 15.8 Å². The van der Waals surface area contributed by atoms with Gasteiger partial charge in [0.1, 0.15) is 9.84 Å². The van der Waals surface area contributed by atoms with E-state index >= 15 is 0 Å². The Hall–Kier alpha value is -1.08. The first-order valence-corrected chi connectivity index (χ1v) is 7.00. The van der Waals surface area contributed by atoms with E-state index in [9.17, 15) is 8.42 Å². The SMILES string of the molecule is COCCn1ccnc1NCCS(C)(=O)=O. The van der Waals surface area contributed by atoms with Gasteiger partial charge < -0.3 is 14.6 Å². The summed E-state index contributed by atoms with van der Waals surface area (Å²) in [5.74, 6) is 0.769. The van der Waals surface area contributed by atoms with Gasteiger partial charge in [-0.05, 0) is 0 Å². The van der Waals surface area contributed by atoms with Crippen molar-refractivity contribution in [1.29, 1.82) is 0 Å². The lowest BCUT2D eigenvalue weighted by atomic mass is 10.6. The topological polar surface area (TPSA) is 73.2 Å². The summed E-state index contributed by atoms with van der Waals surface area (Å²) < 4.78 is 28.7. The molecule has 0 saturated heterocycles. The summed E-state index contributed by atoms with van der Waals surface area (Å²) in [6.07, 6.45) is 4.70. The maximum Gasteiger partial charge on any atom is 0.202 e. The number of hydrogen-bond acceptors (Lipinski definition) is 5. The molecule has 0 aliphatic heterocycles. The zero-order chi connectivity index (χ0) is 12.0. The van der Waals surface area contributed by atoms with Gasteiger partial charge in [0.2, 0.25) is 5.95 Å². The fourth-order valence-electron chi connectivity index (χ4n) is 1.19. The van der Waals surface area contributed by atoms with E-state index in [2.05, 4.69) is 10.3 Å². The molecule has 92 valence electrons. The molecular weight excluding hydrogens is 230 g/mol. The lowest BCUT2D eigenvalue weighted by molar-refractivity contribution is 0.187. The minimum Gasteiger partial charge on any atom is -0.383 e. The predicted molar refractivity (Wildman–Crippen MR) is 62.3 cm³/mol. The second-order valence-corrected chi connectivity index (χ2v) is 5.75. The van der Waals surface area contributed by atoms with Gasteiger partial charge in [-0.15, -0.1) is 0 Å². The van der Waals surface area contributed by atoms with E-state index in [1.807, 2.05) is 10.8 Å². The van der Waals surface area contributed by atoms with Crippen LogP contribution in [0.25, 0.3) is 0 Å². The van der Waals surface area contributed by atoms with Crippen LogP contribution in [0.5, 0.6) is 0 Å². The fraction of sp³-hybridized carbons (Fsp3) is 0.667. The third-order valence-corrected chi connectivity index (χ3v) is 2.95. The number of sulfone groups is 1. The summed E-state index contributed by atoms with van der Waals surface area (Å²) in [5.41, 5.74) is 0. The van der Waals surface area contributed by atoms with Crippen molar-refractivity contribution in [2.75, 3.05) is 37.6 Å². The number of anilines is 1. The molecule has 1 N–H and O–H groups in total. The zero-order valence-electron chi connectivity index (χ0n) is 9.51. The summed E-state index contributed by atoms with van der Waals surface area (Å²) in [4.78, 5) is 4.09. The van der Waals surface area contributed by atoms with Crippen LogP contribution in [0.1, 0.15) is 0 Å². The molecular formula is C9H17N3O3S. The highest BCUT2D eigenvalue weighted by Crippen LogP contribution is 2.03. The van der Waals surface area contributed by atoms with Crippen LogP contribution < -0.4 is 5.32 Å². The smallest absolute Gasteiger partial charge is 0.202 e. The average molecular weight is 247 g/mol. The number of nitrogens with zero attached hydrogens (tertiary/aromatic N) is 2. The fourth-order valence-corrected chi connectivity index (χ4v) is 1.67. The molecule has 0 radical (unpaired) electrons. The van der Waals surface area contributed by atoms with Crippen LogP contribution in [-0.4, -0.2) is 50.2 Å². The monoisotopic (exact) mass is 247 g/mol. The maximum atomic E-state index is 10.9. The lowest BCUT2D eigenvalue weighted by Gasteiger charge is -2.08. The van der Waals surface area contributed by atoms with E-state index in [1.54, 1.807) is 13.3 Å². The lowest BCUT2D eigenvalue weighted by Crippen LogP contribution is -2.17. The van der Waals surface area contributed by atoms with Gasteiger partial charge in [-0.25, -0.2) is 13.4 Å². The Bertz CT molecular complexity index is 413. The number of methoxy groups -OCH3 is 1. The van der Waals surface area contributed by atoms with Gasteiger partial charge in [-0.2, -0.15) is 0 Å². The Morgan fingerprint density at radius 1 is 1.56 bits per heavy atom. The number of ether oxygens (including phenoxy) is 1. The Morgan fingerprint density at radius 2 is 2.31 bits per heavy atom. The summed E-state index contributed by atoms with van der Waals surface area (Å²) in [7, 11) is -1.30. The second-order valence-electron chi connectivity index (χ2n) is 3.49. The third-order valence-electron chi connectivity index (χ3n) is 2.01. The molecule has 0 fully saturated rings. The molecule has 0 bridgehead atoms. The number of imidazole rings is 1. The minimum absolute atomic E-state index is 0.101. The van der Waals surface area contributed by atoms with E-state index in [0.717, 1.165) is 0 Å². The predicted octanol–water partition coefficient (Wildman–Crippen LogP) is -0.0140. The molecule has 6 nitrogen and oxygen atoms in total. The van der Waals surface area contributed by atoms with Crippen LogP contribution in [0.2, 0.25) is 0 Å². The molecule has 0 spiro atoms.